The Labute approximate surface area is 127 Å². The highest BCUT2D eigenvalue weighted by Crippen LogP contribution is 2.57. The van der Waals surface area contributed by atoms with E-state index < -0.39 is 54.2 Å². The van der Waals surface area contributed by atoms with Gasteiger partial charge in [0, 0.05) is 11.8 Å². The minimum absolute atomic E-state index is 0.119. The van der Waals surface area contributed by atoms with E-state index in [0.717, 1.165) is 0 Å². The third-order valence-corrected chi connectivity index (χ3v) is 4.60. The molecule has 0 aromatic heterocycles. The van der Waals surface area contributed by atoms with Crippen molar-refractivity contribution in [3.05, 3.63) is 0 Å². The van der Waals surface area contributed by atoms with Crippen molar-refractivity contribution in [2.75, 3.05) is 6.61 Å². The summed E-state index contributed by atoms with van der Waals surface area (Å²) in [6.07, 6.45) is -0.738. The van der Waals surface area contributed by atoms with Crippen molar-refractivity contribution in [1.29, 1.82) is 0 Å². The van der Waals surface area contributed by atoms with E-state index in [1.54, 1.807) is 20.8 Å². The summed E-state index contributed by atoms with van der Waals surface area (Å²) >= 11 is 0. The standard InChI is InChI=1S/C15H20O7/c1-15(2,3)22-8(16)5-20-13(18)9-6-4-7-10(9)14(19)21-12(7)11(6)17/h6-7,9-12,17H,4-5H2,1-3H3. The Morgan fingerprint density at radius 3 is 2.64 bits per heavy atom. The minimum Gasteiger partial charge on any atom is -0.459 e. The summed E-state index contributed by atoms with van der Waals surface area (Å²) in [6, 6.07) is 0. The van der Waals surface area contributed by atoms with Gasteiger partial charge in [0.25, 0.3) is 0 Å². The molecular formula is C15H20O7. The Balaban J connectivity index is 1.62. The second-order valence-corrected chi connectivity index (χ2v) is 7.20. The van der Waals surface area contributed by atoms with Crippen LogP contribution >= 0.6 is 0 Å². The van der Waals surface area contributed by atoms with Crippen LogP contribution in [-0.4, -0.2) is 47.4 Å². The molecule has 6 atom stereocenters. The molecule has 3 fully saturated rings. The first-order chi connectivity index (χ1) is 10.2. The monoisotopic (exact) mass is 312 g/mol. The lowest BCUT2D eigenvalue weighted by Gasteiger charge is -2.27. The number of hydrogen-bond donors (Lipinski definition) is 1. The molecule has 1 aliphatic heterocycles. The normalized spacial score (nSPS) is 38.8. The molecule has 0 aromatic rings. The molecular weight excluding hydrogens is 292 g/mol. The molecule has 7 nitrogen and oxygen atoms in total. The van der Waals surface area contributed by atoms with Crippen LogP contribution in [0.4, 0.5) is 0 Å². The summed E-state index contributed by atoms with van der Waals surface area (Å²) in [5.74, 6) is -3.47. The second kappa shape index (κ2) is 4.94. The first-order valence-corrected chi connectivity index (χ1v) is 7.46. The maximum atomic E-state index is 12.2. The number of aliphatic hydroxyl groups is 1. The van der Waals surface area contributed by atoms with Crippen LogP contribution in [0.25, 0.3) is 0 Å². The van der Waals surface area contributed by atoms with Crippen molar-refractivity contribution in [1.82, 2.24) is 0 Å². The quantitative estimate of drug-likeness (QED) is 0.580. The highest BCUT2D eigenvalue weighted by atomic mass is 16.6. The summed E-state index contributed by atoms with van der Waals surface area (Å²) in [7, 11) is 0. The predicted molar refractivity (Wildman–Crippen MR) is 71.3 cm³/mol. The van der Waals surface area contributed by atoms with Crippen molar-refractivity contribution in [2.24, 2.45) is 23.7 Å². The first-order valence-electron chi connectivity index (χ1n) is 7.46. The summed E-state index contributed by atoms with van der Waals surface area (Å²) in [5.41, 5.74) is -0.658. The number of hydrogen-bond acceptors (Lipinski definition) is 7. The zero-order chi connectivity index (χ0) is 16.2. The molecule has 0 amide bonds. The zero-order valence-corrected chi connectivity index (χ0v) is 12.8. The van der Waals surface area contributed by atoms with E-state index in [1.165, 1.54) is 0 Å². The molecule has 7 heteroatoms. The highest BCUT2D eigenvalue weighted by Gasteiger charge is 2.68. The van der Waals surface area contributed by atoms with Crippen LogP contribution in [-0.2, 0) is 28.6 Å². The van der Waals surface area contributed by atoms with Gasteiger partial charge in [0.05, 0.1) is 17.9 Å². The number of carbonyl (C=O) groups is 3. The Morgan fingerprint density at radius 1 is 1.32 bits per heavy atom. The van der Waals surface area contributed by atoms with Gasteiger partial charge in [0.15, 0.2) is 6.61 Å². The maximum Gasteiger partial charge on any atom is 0.344 e. The highest BCUT2D eigenvalue weighted by molar-refractivity contribution is 5.87. The average Bonchev–Trinajstić information content (AvgIpc) is 2.98. The van der Waals surface area contributed by atoms with Crippen LogP contribution < -0.4 is 0 Å². The molecule has 1 saturated heterocycles. The van der Waals surface area contributed by atoms with Gasteiger partial charge in [-0.25, -0.2) is 4.79 Å². The van der Waals surface area contributed by atoms with Gasteiger partial charge in [-0.3, -0.25) is 9.59 Å². The van der Waals surface area contributed by atoms with Gasteiger partial charge in [-0.15, -0.1) is 0 Å². The molecule has 0 aromatic carbocycles. The molecule has 3 aliphatic rings. The lowest BCUT2D eigenvalue weighted by atomic mass is 9.78. The lowest BCUT2D eigenvalue weighted by molar-refractivity contribution is -0.170. The van der Waals surface area contributed by atoms with Gasteiger partial charge in [-0.1, -0.05) is 0 Å². The van der Waals surface area contributed by atoms with E-state index in [9.17, 15) is 19.5 Å². The van der Waals surface area contributed by atoms with Gasteiger partial charge >= 0.3 is 17.9 Å². The van der Waals surface area contributed by atoms with Crippen LogP contribution in [0.5, 0.6) is 0 Å². The Morgan fingerprint density at radius 2 is 2.00 bits per heavy atom. The number of fused-ring (bicyclic) bond motifs is 1. The van der Waals surface area contributed by atoms with Crippen LogP contribution in [0.3, 0.4) is 0 Å². The molecule has 3 rings (SSSR count). The Kier molecular flexibility index (Phi) is 3.43. The van der Waals surface area contributed by atoms with Crippen molar-refractivity contribution in [2.45, 2.75) is 45.0 Å². The van der Waals surface area contributed by atoms with E-state index in [0.29, 0.717) is 6.42 Å². The van der Waals surface area contributed by atoms with Crippen LogP contribution in [0, 0.1) is 23.7 Å². The molecule has 22 heavy (non-hydrogen) atoms. The van der Waals surface area contributed by atoms with E-state index >= 15 is 0 Å². The number of ether oxygens (including phenoxy) is 3. The number of rotatable bonds is 3. The smallest absolute Gasteiger partial charge is 0.344 e. The molecule has 1 heterocycles. The number of aliphatic hydroxyl groups excluding tert-OH is 1. The molecule has 6 unspecified atom stereocenters. The number of esters is 3. The van der Waals surface area contributed by atoms with Gasteiger partial charge < -0.3 is 19.3 Å². The van der Waals surface area contributed by atoms with Crippen molar-refractivity contribution in [3.63, 3.8) is 0 Å². The minimum atomic E-state index is -0.827. The van der Waals surface area contributed by atoms with Gasteiger partial charge in [0.2, 0.25) is 0 Å². The van der Waals surface area contributed by atoms with E-state index in [-0.39, 0.29) is 11.8 Å². The lowest BCUT2D eigenvalue weighted by Crippen LogP contribution is -2.41. The fourth-order valence-corrected chi connectivity index (χ4v) is 3.94. The topological polar surface area (TPSA) is 99.1 Å². The van der Waals surface area contributed by atoms with Crippen LogP contribution in [0.15, 0.2) is 0 Å². The maximum absolute atomic E-state index is 12.2. The SMILES string of the molecule is CC(C)(C)OC(=O)COC(=O)C1C2CC3C(OC(=O)C31)C2O. The van der Waals surface area contributed by atoms with Crippen LogP contribution in [0.1, 0.15) is 27.2 Å². The summed E-state index contributed by atoms with van der Waals surface area (Å²) in [5, 5.41) is 10.1. The summed E-state index contributed by atoms with van der Waals surface area (Å²) < 4.78 is 15.2. The largest absolute Gasteiger partial charge is 0.459 e. The molecule has 0 radical (unpaired) electrons. The fraction of sp³-hybridized carbons (Fsp3) is 0.800. The second-order valence-electron chi connectivity index (χ2n) is 7.20. The summed E-state index contributed by atoms with van der Waals surface area (Å²) in [6.45, 7) is 4.65. The molecule has 2 saturated carbocycles. The van der Waals surface area contributed by atoms with Gasteiger partial charge in [-0.2, -0.15) is 0 Å². The number of carbonyl (C=O) groups excluding carboxylic acids is 3. The third kappa shape index (κ3) is 2.37. The molecule has 122 valence electrons. The van der Waals surface area contributed by atoms with Gasteiger partial charge in [0.1, 0.15) is 11.7 Å². The molecule has 1 N–H and O–H groups in total. The molecule has 0 spiro atoms. The Hall–Kier alpha value is -1.63. The van der Waals surface area contributed by atoms with Gasteiger partial charge in [-0.05, 0) is 27.2 Å². The predicted octanol–water partition coefficient (Wildman–Crippen LogP) is 0.0397. The van der Waals surface area contributed by atoms with Crippen molar-refractivity contribution in [3.8, 4) is 0 Å². The third-order valence-electron chi connectivity index (χ3n) is 4.60. The van der Waals surface area contributed by atoms with E-state index in [2.05, 4.69) is 0 Å². The van der Waals surface area contributed by atoms with Crippen molar-refractivity contribution < 1.29 is 33.7 Å². The Bertz CT molecular complexity index is 520. The van der Waals surface area contributed by atoms with Crippen LogP contribution in [0.2, 0.25) is 0 Å². The van der Waals surface area contributed by atoms with E-state index in [4.69, 9.17) is 14.2 Å². The molecule has 2 bridgehead atoms. The summed E-state index contributed by atoms with van der Waals surface area (Å²) in [4.78, 5) is 35.7. The van der Waals surface area contributed by atoms with Crippen molar-refractivity contribution >= 4 is 17.9 Å². The average molecular weight is 312 g/mol. The zero-order valence-electron chi connectivity index (χ0n) is 12.8. The fourth-order valence-electron chi connectivity index (χ4n) is 3.94. The first kappa shape index (κ1) is 15.3. The van der Waals surface area contributed by atoms with E-state index in [1.807, 2.05) is 0 Å². The molecule has 2 aliphatic carbocycles.